The molecule has 0 spiro atoms. The summed E-state index contributed by atoms with van der Waals surface area (Å²) in [7, 11) is 0. The van der Waals surface area contributed by atoms with Crippen molar-refractivity contribution in [3.8, 4) is 11.5 Å². The summed E-state index contributed by atoms with van der Waals surface area (Å²) in [6.07, 6.45) is -4.69. The molecule has 0 aliphatic rings. The topological polar surface area (TPSA) is 56.2 Å². The quantitative estimate of drug-likeness (QED) is 0.473. The smallest absolute Gasteiger partial charge is 0.449 e. The molecule has 30 heavy (non-hydrogen) atoms. The number of rotatable bonds is 5. The van der Waals surface area contributed by atoms with Gasteiger partial charge in [-0.2, -0.15) is 13.2 Å². The molecule has 0 bridgehead atoms. The highest BCUT2D eigenvalue weighted by atomic mass is 19.4. The number of carbonyl (C=O) groups excluding carboxylic acids is 1. The second-order valence-corrected chi connectivity index (χ2v) is 6.47. The fourth-order valence-corrected chi connectivity index (χ4v) is 3.06. The molecule has 4 aromatic rings. The highest BCUT2D eigenvalue weighted by Gasteiger charge is 2.38. The van der Waals surface area contributed by atoms with E-state index in [-0.39, 0.29) is 11.0 Å². The zero-order valence-electron chi connectivity index (χ0n) is 15.6. The van der Waals surface area contributed by atoms with Crippen LogP contribution in [0.5, 0.6) is 11.5 Å². The Morgan fingerprint density at radius 2 is 1.60 bits per heavy atom. The fourth-order valence-electron chi connectivity index (χ4n) is 3.06. The maximum atomic E-state index is 13.4. The van der Waals surface area contributed by atoms with E-state index in [1.165, 1.54) is 12.1 Å². The Morgan fingerprint density at radius 1 is 0.933 bits per heavy atom. The van der Waals surface area contributed by atoms with Crippen LogP contribution < -0.4 is 10.1 Å². The molecule has 1 amide bonds. The lowest BCUT2D eigenvalue weighted by Crippen LogP contribution is -2.23. The van der Waals surface area contributed by atoms with Gasteiger partial charge in [-0.1, -0.05) is 42.5 Å². The summed E-state index contributed by atoms with van der Waals surface area (Å²) in [6.45, 7) is -0.547. The number of hydrogen-bond acceptors (Lipinski definition) is 3. The van der Waals surface area contributed by atoms with Gasteiger partial charge in [0, 0.05) is 0 Å². The van der Waals surface area contributed by atoms with Gasteiger partial charge < -0.3 is 14.6 Å². The van der Waals surface area contributed by atoms with Crippen LogP contribution in [0.15, 0.2) is 78.9 Å². The summed E-state index contributed by atoms with van der Waals surface area (Å²) in [4.78, 5) is 16.3. The Labute approximate surface area is 169 Å². The van der Waals surface area contributed by atoms with Crippen molar-refractivity contribution in [2.45, 2.75) is 12.7 Å². The fraction of sp³-hybridized carbons (Fsp3) is 0.0909. The van der Waals surface area contributed by atoms with Crippen LogP contribution in [-0.4, -0.2) is 15.5 Å². The van der Waals surface area contributed by atoms with Crippen LogP contribution in [-0.2, 0) is 17.5 Å². The molecule has 0 saturated carbocycles. The maximum Gasteiger partial charge on any atom is 0.449 e. The summed E-state index contributed by atoms with van der Waals surface area (Å²) in [6, 6.07) is 21.8. The molecule has 5 nitrogen and oxygen atoms in total. The van der Waals surface area contributed by atoms with Gasteiger partial charge in [-0.25, -0.2) is 4.98 Å². The van der Waals surface area contributed by atoms with E-state index < -0.39 is 24.5 Å². The summed E-state index contributed by atoms with van der Waals surface area (Å²) >= 11 is 0. The second kappa shape index (κ2) is 7.90. The van der Waals surface area contributed by atoms with Gasteiger partial charge in [-0.15, -0.1) is 0 Å². The van der Waals surface area contributed by atoms with Crippen LogP contribution in [0.3, 0.4) is 0 Å². The van der Waals surface area contributed by atoms with Crippen molar-refractivity contribution < 1.29 is 22.7 Å². The Balaban J connectivity index is 1.60. The number of nitrogens with zero attached hydrogens (tertiary/aromatic N) is 2. The first kappa shape index (κ1) is 19.5. The minimum atomic E-state index is -4.69. The number of aromatic nitrogens is 2. The average molecular weight is 411 g/mol. The van der Waals surface area contributed by atoms with E-state index in [1.807, 2.05) is 6.07 Å². The molecule has 0 saturated heterocycles. The van der Waals surface area contributed by atoms with Gasteiger partial charge in [0.2, 0.25) is 11.7 Å². The summed E-state index contributed by atoms with van der Waals surface area (Å²) in [5.41, 5.74) is 0.753. The summed E-state index contributed by atoms with van der Waals surface area (Å²) < 4.78 is 47.0. The van der Waals surface area contributed by atoms with Gasteiger partial charge in [0.05, 0.1) is 16.7 Å². The first-order chi connectivity index (χ1) is 14.4. The van der Waals surface area contributed by atoms with Gasteiger partial charge in [0.1, 0.15) is 12.3 Å². The van der Waals surface area contributed by atoms with Crippen molar-refractivity contribution >= 4 is 22.6 Å². The number of alkyl halides is 3. The molecule has 0 fully saturated rings. The molecule has 8 heteroatoms. The molecule has 0 unspecified atom stereocenters. The maximum absolute atomic E-state index is 13.4. The number of halogens is 3. The third kappa shape index (κ3) is 4.12. The van der Waals surface area contributed by atoms with Gasteiger partial charge in [0.15, 0.2) is 5.75 Å². The molecular weight excluding hydrogens is 395 g/mol. The Kier molecular flexibility index (Phi) is 5.14. The van der Waals surface area contributed by atoms with Gasteiger partial charge >= 0.3 is 6.18 Å². The minimum absolute atomic E-state index is 0.172. The SMILES string of the molecule is O=C(Cn1c(C(F)(F)F)nc2ccccc21)Nc1ccccc1Oc1ccccc1. The van der Waals surface area contributed by atoms with Crippen LogP contribution in [0.1, 0.15) is 5.82 Å². The summed E-state index contributed by atoms with van der Waals surface area (Å²) in [5.74, 6) is -0.803. The largest absolute Gasteiger partial charge is 0.455 e. The number of carbonyl (C=O) groups is 1. The standard InChI is InChI=1S/C22H16F3N3O2/c23-22(24,25)21-27-16-10-4-6-12-18(16)28(21)14-20(29)26-17-11-5-7-13-19(17)30-15-8-2-1-3-9-15/h1-13H,14H2,(H,26,29). The van der Waals surface area contributed by atoms with E-state index >= 15 is 0 Å². The highest BCUT2D eigenvalue weighted by Crippen LogP contribution is 2.32. The molecule has 1 heterocycles. The molecule has 152 valence electrons. The van der Waals surface area contributed by atoms with E-state index in [4.69, 9.17) is 4.74 Å². The average Bonchev–Trinajstić information content (AvgIpc) is 3.09. The Bertz CT molecular complexity index is 1190. The number of imidazole rings is 1. The van der Waals surface area contributed by atoms with Crippen molar-refractivity contribution in [2.75, 3.05) is 5.32 Å². The minimum Gasteiger partial charge on any atom is -0.455 e. The monoisotopic (exact) mass is 411 g/mol. The van der Waals surface area contributed by atoms with E-state index in [1.54, 1.807) is 60.7 Å². The van der Waals surface area contributed by atoms with Crippen molar-refractivity contribution in [2.24, 2.45) is 0 Å². The highest BCUT2D eigenvalue weighted by molar-refractivity contribution is 5.93. The first-order valence-electron chi connectivity index (χ1n) is 9.06. The van der Waals surface area contributed by atoms with E-state index in [2.05, 4.69) is 10.3 Å². The lowest BCUT2D eigenvalue weighted by molar-refractivity contribution is -0.147. The molecule has 4 rings (SSSR count). The number of nitrogens with one attached hydrogen (secondary N) is 1. The van der Waals surface area contributed by atoms with Crippen molar-refractivity contribution in [1.82, 2.24) is 9.55 Å². The predicted octanol–water partition coefficient (Wildman–Crippen LogP) is 5.49. The van der Waals surface area contributed by atoms with Crippen LogP contribution in [0.4, 0.5) is 18.9 Å². The van der Waals surface area contributed by atoms with Gasteiger partial charge in [-0.3, -0.25) is 4.79 Å². The van der Waals surface area contributed by atoms with Crippen molar-refractivity contribution in [3.63, 3.8) is 0 Å². The number of hydrogen-bond donors (Lipinski definition) is 1. The van der Waals surface area contributed by atoms with E-state index in [0.717, 1.165) is 4.57 Å². The number of anilines is 1. The number of para-hydroxylation sites is 5. The molecule has 1 N–H and O–H groups in total. The normalized spacial score (nSPS) is 11.4. The molecule has 0 radical (unpaired) electrons. The lowest BCUT2D eigenvalue weighted by atomic mass is 10.2. The molecule has 0 aliphatic heterocycles. The van der Waals surface area contributed by atoms with Gasteiger partial charge in [-0.05, 0) is 36.4 Å². The molecule has 3 aromatic carbocycles. The van der Waals surface area contributed by atoms with Crippen LogP contribution in [0.25, 0.3) is 11.0 Å². The predicted molar refractivity (Wildman–Crippen MR) is 106 cm³/mol. The van der Waals surface area contributed by atoms with E-state index in [9.17, 15) is 18.0 Å². The van der Waals surface area contributed by atoms with Crippen LogP contribution in [0.2, 0.25) is 0 Å². The Hall–Kier alpha value is -3.81. The van der Waals surface area contributed by atoms with E-state index in [0.29, 0.717) is 17.2 Å². The summed E-state index contributed by atoms with van der Waals surface area (Å²) in [5, 5.41) is 2.63. The molecule has 0 aliphatic carbocycles. The first-order valence-corrected chi connectivity index (χ1v) is 9.06. The van der Waals surface area contributed by atoms with Crippen molar-refractivity contribution in [1.29, 1.82) is 0 Å². The number of amides is 1. The number of benzene rings is 3. The second-order valence-electron chi connectivity index (χ2n) is 6.47. The number of fused-ring (bicyclic) bond motifs is 1. The van der Waals surface area contributed by atoms with Gasteiger partial charge in [0.25, 0.3) is 0 Å². The van der Waals surface area contributed by atoms with Crippen molar-refractivity contribution in [3.05, 3.63) is 84.7 Å². The zero-order chi connectivity index (χ0) is 21.1. The Morgan fingerprint density at radius 3 is 2.37 bits per heavy atom. The van der Waals surface area contributed by atoms with Crippen LogP contribution >= 0.6 is 0 Å². The van der Waals surface area contributed by atoms with Crippen LogP contribution in [0, 0.1) is 0 Å². The number of ether oxygens (including phenoxy) is 1. The zero-order valence-corrected chi connectivity index (χ0v) is 15.6. The molecule has 1 aromatic heterocycles. The lowest BCUT2D eigenvalue weighted by Gasteiger charge is -2.14. The third-order valence-corrected chi connectivity index (χ3v) is 4.34. The molecular formula is C22H16F3N3O2. The molecule has 0 atom stereocenters. The third-order valence-electron chi connectivity index (χ3n) is 4.34.